The van der Waals surface area contributed by atoms with Crippen LogP contribution >= 0.6 is 0 Å². The number of hydrogen-bond donors (Lipinski definition) is 2. The lowest BCUT2D eigenvalue weighted by atomic mass is 10.2. The standard InChI is InChI=1S/C10H13N3O4/c14-10(15)3-1-2-5-11-9-7-8(13(16)17)4-6-12-9/h4,6-7H,1-3,5H2,(H,11,12)(H,14,15). The third-order valence-electron chi connectivity index (χ3n) is 2.08. The maximum absolute atomic E-state index is 10.5. The van der Waals surface area contributed by atoms with E-state index in [1.54, 1.807) is 0 Å². The van der Waals surface area contributed by atoms with Gasteiger partial charge in [0.15, 0.2) is 0 Å². The van der Waals surface area contributed by atoms with E-state index >= 15 is 0 Å². The second-order valence-corrected chi connectivity index (χ2v) is 3.43. The molecule has 1 aromatic heterocycles. The molecular formula is C10H13N3O4. The van der Waals surface area contributed by atoms with Gasteiger partial charge in [-0.1, -0.05) is 0 Å². The smallest absolute Gasteiger partial charge is 0.303 e. The minimum atomic E-state index is -0.821. The van der Waals surface area contributed by atoms with E-state index in [1.165, 1.54) is 18.3 Å². The Morgan fingerprint density at radius 2 is 2.29 bits per heavy atom. The first-order valence-electron chi connectivity index (χ1n) is 5.15. The van der Waals surface area contributed by atoms with E-state index in [0.29, 0.717) is 25.2 Å². The van der Waals surface area contributed by atoms with E-state index in [-0.39, 0.29) is 12.1 Å². The zero-order chi connectivity index (χ0) is 12.7. The summed E-state index contributed by atoms with van der Waals surface area (Å²) in [4.78, 5) is 24.2. The molecule has 0 saturated carbocycles. The SMILES string of the molecule is O=C(O)CCCCNc1cc([N+](=O)[O-])ccn1. The number of anilines is 1. The Balaban J connectivity index is 2.34. The van der Waals surface area contributed by atoms with Crippen LogP contribution in [0.15, 0.2) is 18.3 Å². The molecule has 1 heterocycles. The van der Waals surface area contributed by atoms with Gasteiger partial charge in [-0.3, -0.25) is 14.9 Å². The molecule has 2 N–H and O–H groups in total. The third kappa shape index (κ3) is 4.92. The lowest BCUT2D eigenvalue weighted by Gasteiger charge is -2.04. The van der Waals surface area contributed by atoms with Crippen molar-refractivity contribution in [2.24, 2.45) is 0 Å². The first-order chi connectivity index (χ1) is 8.09. The van der Waals surface area contributed by atoms with E-state index in [1.807, 2.05) is 0 Å². The number of nitro groups is 1. The highest BCUT2D eigenvalue weighted by atomic mass is 16.6. The van der Waals surface area contributed by atoms with Crippen molar-refractivity contribution in [1.29, 1.82) is 0 Å². The Kier molecular flexibility index (Phi) is 4.86. The van der Waals surface area contributed by atoms with E-state index < -0.39 is 10.9 Å². The number of nitrogens with one attached hydrogen (secondary N) is 1. The molecule has 17 heavy (non-hydrogen) atoms. The molecule has 0 radical (unpaired) electrons. The van der Waals surface area contributed by atoms with Crippen LogP contribution in [-0.4, -0.2) is 27.5 Å². The van der Waals surface area contributed by atoms with Crippen molar-refractivity contribution in [2.45, 2.75) is 19.3 Å². The lowest BCUT2D eigenvalue weighted by Crippen LogP contribution is -2.04. The van der Waals surface area contributed by atoms with Crippen LogP contribution in [0, 0.1) is 10.1 Å². The average Bonchev–Trinajstić information content (AvgIpc) is 2.28. The summed E-state index contributed by atoms with van der Waals surface area (Å²) in [6.07, 6.45) is 2.73. The fourth-order valence-electron chi connectivity index (χ4n) is 1.25. The van der Waals surface area contributed by atoms with E-state index in [9.17, 15) is 14.9 Å². The van der Waals surface area contributed by atoms with Crippen molar-refractivity contribution in [3.05, 3.63) is 28.4 Å². The molecule has 7 nitrogen and oxygen atoms in total. The Hall–Kier alpha value is -2.18. The second kappa shape index (κ2) is 6.41. The van der Waals surface area contributed by atoms with Gasteiger partial charge in [0.1, 0.15) is 5.82 Å². The monoisotopic (exact) mass is 239 g/mol. The average molecular weight is 239 g/mol. The highest BCUT2D eigenvalue weighted by Gasteiger charge is 2.05. The molecule has 0 bridgehead atoms. The van der Waals surface area contributed by atoms with Crippen LogP contribution < -0.4 is 5.32 Å². The van der Waals surface area contributed by atoms with Crippen molar-refractivity contribution < 1.29 is 14.8 Å². The van der Waals surface area contributed by atoms with Gasteiger partial charge in [0, 0.05) is 25.2 Å². The lowest BCUT2D eigenvalue weighted by molar-refractivity contribution is -0.384. The van der Waals surface area contributed by atoms with E-state index in [0.717, 1.165) is 0 Å². The van der Waals surface area contributed by atoms with Gasteiger partial charge >= 0.3 is 5.97 Å². The van der Waals surface area contributed by atoms with Crippen molar-refractivity contribution in [3.63, 3.8) is 0 Å². The van der Waals surface area contributed by atoms with Crippen LogP contribution in [0.5, 0.6) is 0 Å². The zero-order valence-corrected chi connectivity index (χ0v) is 9.13. The fraction of sp³-hybridized carbons (Fsp3) is 0.400. The van der Waals surface area contributed by atoms with Gasteiger partial charge in [0.05, 0.1) is 11.0 Å². The molecule has 0 aliphatic rings. The molecule has 0 saturated heterocycles. The largest absolute Gasteiger partial charge is 0.481 e. The Labute approximate surface area is 97.6 Å². The van der Waals surface area contributed by atoms with Crippen molar-refractivity contribution in [3.8, 4) is 0 Å². The van der Waals surface area contributed by atoms with Gasteiger partial charge in [-0.2, -0.15) is 0 Å². The predicted molar refractivity (Wildman–Crippen MR) is 60.9 cm³/mol. The molecule has 92 valence electrons. The van der Waals surface area contributed by atoms with Crippen LogP contribution in [-0.2, 0) is 4.79 Å². The van der Waals surface area contributed by atoms with E-state index in [2.05, 4.69) is 10.3 Å². The van der Waals surface area contributed by atoms with Crippen molar-refractivity contribution in [1.82, 2.24) is 4.98 Å². The summed E-state index contributed by atoms with van der Waals surface area (Å²) in [5.74, 6) is -0.395. The topological polar surface area (TPSA) is 105 Å². The number of carboxylic acid groups (broad SMARTS) is 1. The van der Waals surface area contributed by atoms with Crippen LogP contribution in [0.2, 0.25) is 0 Å². The van der Waals surface area contributed by atoms with E-state index in [4.69, 9.17) is 5.11 Å². The molecule has 0 aliphatic carbocycles. The third-order valence-corrected chi connectivity index (χ3v) is 2.08. The molecule has 0 aliphatic heterocycles. The second-order valence-electron chi connectivity index (χ2n) is 3.43. The maximum atomic E-state index is 10.5. The molecule has 0 aromatic carbocycles. The molecule has 0 spiro atoms. The molecule has 0 fully saturated rings. The predicted octanol–water partition coefficient (Wildman–Crippen LogP) is 1.66. The Morgan fingerprint density at radius 3 is 2.94 bits per heavy atom. The summed E-state index contributed by atoms with van der Waals surface area (Å²) in [6.45, 7) is 0.543. The highest BCUT2D eigenvalue weighted by Crippen LogP contribution is 2.14. The normalized spacial score (nSPS) is 9.88. The summed E-state index contributed by atoms with van der Waals surface area (Å²) >= 11 is 0. The maximum Gasteiger partial charge on any atom is 0.303 e. The van der Waals surface area contributed by atoms with Crippen molar-refractivity contribution in [2.75, 3.05) is 11.9 Å². The number of carbonyl (C=O) groups is 1. The Morgan fingerprint density at radius 1 is 1.53 bits per heavy atom. The van der Waals surface area contributed by atoms with Gasteiger partial charge in [-0.05, 0) is 12.8 Å². The summed E-state index contributed by atoms with van der Waals surface area (Å²) in [5, 5.41) is 21.8. The number of unbranched alkanes of at least 4 members (excludes halogenated alkanes) is 1. The quantitative estimate of drug-likeness (QED) is 0.426. The number of hydrogen-bond acceptors (Lipinski definition) is 5. The summed E-state index contributed by atoms with van der Waals surface area (Å²) in [7, 11) is 0. The van der Waals surface area contributed by atoms with Crippen LogP contribution in [0.25, 0.3) is 0 Å². The number of rotatable bonds is 7. The molecule has 0 atom stereocenters. The number of carboxylic acids is 1. The number of aromatic nitrogens is 1. The molecule has 7 heteroatoms. The minimum Gasteiger partial charge on any atom is -0.481 e. The molecule has 1 aromatic rings. The highest BCUT2D eigenvalue weighted by molar-refractivity contribution is 5.66. The summed E-state index contributed by atoms with van der Waals surface area (Å²) in [5.41, 5.74) is -0.0203. The van der Waals surface area contributed by atoms with Crippen LogP contribution in [0.3, 0.4) is 0 Å². The van der Waals surface area contributed by atoms with Gasteiger partial charge in [-0.15, -0.1) is 0 Å². The number of nitrogens with zero attached hydrogens (tertiary/aromatic N) is 2. The fourth-order valence-corrected chi connectivity index (χ4v) is 1.25. The molecule has 0 amide bonds. The van der Waals surface area contributed by atoms with Crippen LogP contribution in [0.4, 0.5) is 11.5 Å². The molecular weight excluding hydrogens is 226 g/mol. The van der Waals surface area contributed by atoms with Crippen molar-refractivity contribution >= 4 is 17.5 Å². The van der Waals surface area contributed by atoms with Gasteiger partial charge in [-0.25, -0.2) is 4.98 Å². The summed E-state index contributed by atoms with van der Waals surface area (Å²) in [6, 6.07) is 2.66. The van der Waals surface area contributed by atoms with Crippen LogP contribution in [0.1, 0.15) is 19.3 Å². The Bertz CT molecular complexity index is 408. The summed E-state index contributed by atoms with van der Waals surface area (Å²) < 4.78 is 0. The van der Waals surface area contributed by atoms with Gasteiger partial charge in [0.2, 0.25) is 0 Å². The zero-order valence-electron chi connectivity index (χ0n) is 9.13. The molecule has 0 unspecified atom stereocenters. The first kappa shape index (κ1) is 12.9. The van der Waals surface area contributed by atoms with Gasteiger partial charge < -0.3 is 10.4 Å². The first-order valence-corrected chi connectivity index (χ1v) is 5.15. The number of pyridine rings is 1. The minimum absolute atomic E-state index is 0.0203. The number of aliphatic carboxylic acids is 1. The molecule has 1 rings (SSSR count). The van der Waals surface area contributed by atoms with Gasteiger partial charge in [0.25, 0.3) is 5.69 Å².